The number of nitrogens with zero attached hydrogens (tertiary/aromatic N) is 3. The van der Waals surface area contributed by atoms with Crippen LogP contribution in [0.1, 0.15) is 45.6 Å². The van der Waals surface area contributed by atoms with E-state index in [1.54, 1.807) is 0 Å². The number of benzene rings is 1. The molecular weight excluding hydrogens is 431 g/mol. The minimum absolute atomic E-state index is 0.0330. The van der Waals surface area contributed by atoms with Crippen LogP contribution in [0.5, 0.6) is 5.75 Å². The Balaban J connectivity index is 1.38. The molecule has 0 radical (unpaired) electrons. The molecule has 2 heterocycles. The van der Waals surface area contributed by atoms with Crippen molar-refractivity contribution in [3.63, 3.8) is 0 Å². The van der Waals surface area contributed by atoms with Gasteiger partial charge < -0.3 is 5.11 Å². The van der Waals surface area contributed by atoms with Crippen molar-refractivity contribution in [1.82, 2.24) is 4.90 Å². The Kier molecular flexibility index (Phi) is 6.02. The molecule has 1 saturated carbocycles. The van der Waals surface area contributed by atoms with Gasteiger partial charge in [0.1, 0.15) is 17.7 Å². The number of amidine groups is 1. The van der Waals surface area contributed by atoms with Crippen LogP contribution in [0.2, 0.25) is 0 Å². The fraction of sp³-hybridized carbons (Fsp3) is 0.519. The second kappa shape index (κ2) is 8.86. The highest BCUT2D eigenvalue weighted by atomic mass is 19.1. The number of nitrogens with one attached hydrogen (secondary N) is 1. The molecule has 0 aromatic heterocycles. The minimum atomic E-state index is -0.535. The van der Waals surface area contributed by atoms with Gasteiger partial charge in [0.05, 0.1) is 48.8 Å². The molecule has 1 aromatic rings. The highest BCUT2D eigenvalue weighted by molar-refractivity contribution is 6.14. The molecule has 2 aliphatic carbocycles. The molecule has 5 rings (SSSR count). The van der Waals surface area contributed by atoms with E-state index in [1.165, 1.54) is 18.2 Å². The molecule has 0 bridgehead atoms. The zero-order chi connectivity index (χ0) is 24.0. The van der Waals surface area contributed by atoms with E-state index < -0.39 is 5.82 Å². The molecule has 1 saturated heterocycles. The van der Waals surface area contributed by atoms with Crippen LogP contribution >= 0.6 is 0 Å². The van der Waals surface area contributed by atoms with Crippen LogP contribution in [0, 0.1) is 23.1 Å². The van der Waals surface area contributed by atoms with Crippen LogP contribution in [0.25, 0.3) is 0 Å². The number of allylic oxidation sites excluding steroid dienone is 3. The Morgan fingerprint density at radius 2 is 2.03 bits per heavy atom. The number of hydrogen-bond donors (Lipinski definition) is 2. The summed E-state index contributed by atoms with van der Waals surface area (Å²) in [6.07, 6.45) is 9.00. The predicted octanol–water partition coefficient (Wildman–Crippen LogP) is 2.74. The number of hydrogen-bond acceptors (Lipinski definition) is 5. The van der Waals surface area contributed by atoms with E-state index in [1.807, 2.05) is 13.0 Å². The normalized spacial score (nSPS) is 26.6. The number of piperazine rings is 1. The van der Waals surface area contributed by atoms with Gasteiger partial charge in [0.25, 0.3) is 0 Å². The number of amides is 1. The standard InChI is InChI=1S/C27H33FN4O2/c1-17(2)16-27(9-10-27)26(34)32-13-11-31(12-14-32)25-19-8-7-18(3)15-21(19)29-24(30-25)23-20(28)5-4-6-22(23)33/h4-8,15,17,19,25,33H,9-14,16H2,1-3H3/p+1. The largest absolute Gasteiger partial charge is 0.507 e. The second-order valence-electron chi connectivity index (χ2n) is 10.7. The van der Waals surface area contributed by atoms with E-state index in [-0.39, 0.29) is 34.6 Å². The number of rotatable bonds is 5. The average molecular weight is 466 g/mol. The van der Waals surface area contributed by atoms with Gasteiger partial charge in [-0.2, -0.15) is 0 Å². The topological polar surface area (TPSA) is 69.7 Å². The molecule has 2 fully saturated rings. The summed E-state index contributed by atoms with van der Waals surface area (Å²) in [5.41, 5.74) is 1.85. The fourth-order valence-electron chi connectivity index (χ4n) is 5.73. The Labute approximate surface area is 200 Å². The summed E-state index contributed by atoms with van der Waals surface area (Å²) in [7, 11) is 0. The second-order valence-corrected chi connectivity index (χ2v) is 10.7. The zero-order valence-electron chi connectivity index (χ0n) is 20.2. The molecule has 2 atom stereocenters. The number of phenolic OH excluding ortho intramolecular Hbond substituents is 1. The average Bonchev–Trinajstić information content (AvgIpc) is 3.57. The van der Waals surface area contributed by atoms with Crippen LogP contribution in [-0.2, 0) is 4.79 Å². The van der Waals surface area contributed by atoms with Gasteiger partial charge in [-0.05, 0) is 55.9 Å². The molecular formula is C27H34FN4O2+. The van der Waals surface area contributed by atoms with Gasteiger partial charge in [-0.3, -0.25) is 9.80 Å². The van der Waals surface area contributed by atoms with Crippen LogP contribution in [0.15, 0.2) is 52.0 Å². The van der Waals surface area contributed by atoms with Gasteiger partial charge >= 0.3 is 5.91 Å². The monoisotopic (exact) mass is 465 g/mol. The molecule has 2 aliphatic heterocycles. The van der Waals surface area contributed by atoms with Crippen LogP contribution < -0.4 is 4.90 Å². The van der Waals surface area contributed by atoms with E-state index in [9.17, 15) is 14.3 Å². The molecule has 1 aromatic carbocycles. The number of phenols is 1. The van der Waals surface area contributed by atoms with Crippen molar-refractivity contribution in [3.8, 4) is 5.75 Å². The van der Waals surface area contributed by atoms with E-state index in [0.717, 1.165) is 61.6 Å². The maximum atomic E-state index is 14.7. The molecule has 6 nitrogen and oxygen atoms in total. The summed E-state index contributed by atoms with van der Waals surface area (Å²) in [4.78, 5) is 26.2. The number of halogens is 1. The van der Waals surface area contributed by atoms with Crippen LogP contribution in [0.4, 0.5) is 4.39 Å². The first kappa shape index (κ1) is 23.1. The van der Waals surface area contributed by atoms with Gasteiger partial charge in [0.2, 0.25) is 0 Å². The van der Waals surface area contributed by atoms with Crippen molar-refractivity contribution < 1.29 is 19.2 Å². The molecule has 2 N–H and O–H groups in total. The van der Waals surface area contributed by atoms with Crippen molar-refractivity contribution in [2.45, 2.75) is 46.2 Å². The Morgan fingerprint density at radius 1 is 1.29 bits per heavy atom. The lowest BCUT2D eigenvalue weighted by Crippen LogP contribution is -3.18. The van der Waals surface area contributed by atoms with Gasteiger partial charge in [-0.1, -0.05) is 32.1 Å². The van der Waals surface area contributed by atoms with Crippen molar-refractivity contribution in [2.24, 2.45) is 27.2 Å². The van der Waals surface area contributed by atoms with Gasteiger partial charge in [0, 0.05) is 0 Å². The highest BCUT2D eigenvalue weighted by Crippen LogP contribution is 2.50. The molecule has 4 aliphatic rings. The van der Waals surface area contributed by atoms with E-state index in [0.29, 0.717) is 11.8 Å². The minimum Gasteiger partial charge on any atom is -0.507 e. The summed E-state index contributed by atoms with van der Waals surface area (Å²) >= 11 is 0. The first-order chi connectivity index (χ1) is 16.3. The Bertz CT molecular complexity index is 1090. The summed E-state index contributed by atoms with van der Waals surface area (Å²) in [6.45, 7) is 9.38. The molecule has 2 unspecified atom stereocenters. The number of carbonyl (C=O) groups excluding carboxylic acids is 1. The molecule has 7 heteroatoms. The van der Waals surface area contributed by atoms with Gasteiger partial charge in [-0.15, -0.1) is 0 Å². The SMILES string of the molecule is CC1=CC2=NC(c3c(O)cccc3F)=NC(N3CC[NH+](C(=O)C4(CC(C)C)CC4)CC3)C2C=C1. The summed E-state index contributed by atoms with van der Waals surface area (Å²) in [5.74, 6) is 0.423. The quantitative estimate of drug-likeness (QED) is 0.703. The third-order valence-corrected chi connectivity index (χ3v) is 7.54. The lowest BCUT2D eigenvalue weighted by atomic mass is 9.89. The molecule has 0 spiro atoms. The van der Waals surface area contributed by atoms with Crippen LogP contribution in [-0.4, -0.2) is 59.8 Å². The number of fused-ring (bicyclic) bond motifs is 1. The zero-order valence-corrected chi connectivity index (χ0v) is 20.2. The van der Waals surface area contributed by atoms with E-state index in [4.69, 9.17) is 4.99 Å². The maximum absolute atomic E-state index is 14.7. The Morgan fingerprint density at radius 3 is 2.68 bits per heavy atom. The lowest BCUT2D eigenvalue weighted by Gasteiger charge is -2.40. The molecule has 34 heavy (non-hydrogen) atoms. The Hall–Kier alpha value is -2.64. The lowest BCUT2D eigenvalue weighted by molar-refractivity contribution is -0.829. The van der Waals surface area contributed by atoms with E-state index >= 15 is 0 Å². The van der Waals surface area contributed by atoms with Crippen LogP contribution in [0.3, 0.4) is 0 Å². The number of aliphatic imine (C=N–C) groups is 2. The van der Waals surface area contributed by atoms with Crippen molar-refractivity contribution in [2.75, 3.05) is 26.2 Å². The first-order valence-electron chi connectivity index (χ1n) is 12.4. The molecule has 1 amide bonds. The summed E-state index contributed by atoms with van der Waals surface area (Å²) in [6, 6.07) is 4.26. The predicted molar refractivity (Wildman–Crippen MR) is 131 cm³/mol. The smallest absolute Gasteiger partial charge is 0.318 e. The maximum Gasteiger partial charge on any atom is 0.318 e. The van der Waals surface area contributed by atoms with Gasteiger partial charge in [0.15, 0.2) is 5.84 Å². The fourth-order valence-corrected chi connectivity index (χ4v) is 5.73. The number of carbonyl (C=O) groups is 1. The van der Waals surface area contributed by atoms with Crippen molar-refractivity contribution in [1.29, 1.82) is 0 Å². The van der Waals surface area contributed by atoms with Gasteiger partial charge in [-0.25, -0.2) is 19.2 Å². The third-order valence-electron chi connectivity index (χ3n) is 7.54. The van der Waals surface area contributed by atoms with Crippen molar-refractivity contribution >= 4 is 17.5 Å². The number of aromatic hydroxyl groups is 1. The van der Waals surface area contributed by atoms with Crippen molar-refractivity contribution in [3.05, 3.63) is 53.4 Å². The summed E-state index contributed by atoms with van der Waals surface area (Å²) in [5, 5.41) is 10.4. The molecule has 180 valence electrons. The van der Waals surface area contributed by atoms with E-state index in [2.05, 4.69) is 35.9 Å². The first-order valence-corrected chi connectivity index (χ1v) is 12.4. The number of quaternary nitrogens is 1. The summed E-state index contributed by atoms with van der Waals surface area (Å²) < 4.78 is 14.7. The highest BCUT2D eigenvalue weighted by Gasteiger charge is 2.55. The third kappa shape index (κ3) is 4.27.